The molecule has 6 nitrogen and oxygen atoms in total. The summed E-state index contributed by atoms with van der Waals surface area (Å²) in [7, 11) is 1.98. The summed E-state index contributed by atoms with van der Waals surface area (Å²) in [5.41, 5.74) is 2.63. The molecule has 0 saturated heterocycles. The zero-order chi connectivity index (χ0) is 23.0. The van der Waals surface area contributed by atoms with E-state index in [1.807, 2.05) is 67.7 Å². The van der Waals surface area contributed by atoms with Gasteiger partial charge in [0.1, 0.15) is 6.54 Å². The molecule has 1 N–H and O–H groups in total. The van der Waals surface area contributed by atoms with E-state index in [4.69, 9.17) is 11.6 Å². The molecular formula is C24H35ClN4O2. The number of nitrogens with zero attached hydrogens (tertiary/aromatic N) is 3. The monoisotopic (exact) mass is 446 g/mol. The lowest BCUT2D eigenvalue weighted by Gasteiger charge is -2.29. The summed E-state index contributed by atoms with van der Waals surface area (Å²) in [6.45, 7) is 9.82. The Kier molecular flexibility index (Phi) is 9.44. The van der Waals surface area contributed by atoms with Gasteiger partial charge in [0.05, 0.1) is 6.54 Å². The molecular weight excluding hydrogens is 412 g/mol. The zero-order valence-electron chi connectivity index (χ0n) is 19.3. The molecule has 2 rings (SSSR count). The van der Waals surface area contributed by atoms with Crippen molar-refractivity contribution in [2.24, 2.45) is 13.0 Å². The minimum atomic E-state index is -0.295. The highest BCUT2D eigenvalue weighted by atomic mass is 35.5. The smallest absolute Gasteiger partial charge is 0.322 e. The highest BCUT2D eigenvalue weighted by Crippen LogP contribution is 2.20. The molecule has 0 radical (unpaired) electrons. The number of aromatic nitrogens is 1. The fourth-order valence-corrected chi connectivity index (χ4v) is 3.47. The van der Waals surface area contributed by atoms with Crippen LogP contribution in [0, 0.1) is 12.8 Å². The van der Waals surface area contributed by atoms with Crippen LogP contribution in [-0.2, 0) is 18.4 Å². The zero-order valence-corrected chi connectivity index (χ0v) is 20.1. The molecule has 0 bridgehead atoms. The van der Waals surface area contributed by atoms with Gasteiger partial charge in [-0.3, -0.25) is 4.79 Å². The third kappa shape index (κ3) is 7.62. The van der Waals surface area contributed by atoms with Crippen LogP contribution in [0.1, 0.15) is 44.9 Å². The molecule has 0 atom stereocenters. The number of halogens is 1. The maximum atomic E-state index is 13.2. The Morgan fingerprint density at radius 2 is 1.94 bits per heavy atom. The third-order valence-electron chi connectivity index (χ3n) is 5.16. The SMILES string of the molecule is CCCCN(Cc1cccn1C)C(=O)CN(CC(C)C)C(=O)Nc1ccc(C)c(Cl)c1. The molecule has 0 aliphatic rings. The molecule has 7 heteroatoms. The molecule has 170 valence electrons. The van der Waals surface area contributed by atoms with Gasteiger partial charge in [-0.25, -0.2) is 4.79 Å². The molecule has 1 aromatic heterocycles. The van der Waals surface area contributed by atoms with Crippen LogP contribution in [0.15, 0.2) is 36.5 Å². The highest BCUT2D eigenvalue weighted by molar-refractivity contribution is 6.31. The first-order valence-electron chi connectivity index (χ1n) is 10.9. The Bertz CT molecular complexity index is 878. The fraction of sp³-hybridized carbons (Fsp3) is 0.500. The van der Waals surface area contributed by atoms with Crippen LogP contribution >= 0.6 is 11.6 Å². The quantitative estimate of drug-likeness (QED) is 0.538. The number of benzene rings is 1. The molecule has 31 heavy (non-hydrogen) atoms. The lowest BCUT2D eigenvalue weighted by molar-refractivity contribution is -0.132. The van der Waals surface area contributed by atoms with Crippen LogP contribution in [-0.4, -0.2) is 45.9 Å². The van der Waals surface area contributed by atoms with E-state index in [1.165, 1.54) is 0 Å². The van der Waals surface area contributed by atoms with Crippen LogP contribution < -0.4 is 5.32 Å². The van der Waals surface area contributed by atoms with E-state index >= 15 is 0 Å². The molecule has 0 spiro atoms. The minimum Gasteiger partial charge on any atom is -0.353 e. The molecule has 1 heterocycles. The third-order valence-corrected chi connectivity index (χ3v) is 5.57. The van der Waals surface area contributed by atoms with Gasteiger partial charge >= 0.3 is 6.03 Å². The van der Waals surface area contributed by atoms with Gasteiger partial charge in [0.2, 0.25) is 5.91 Å². The van der Waals surface area contributed by atoms with E-state index in [0.717, 1.165) is 24.1 Å². The summed E-state index contributed by atoms with van der Waals surface area (Å²) in [5.74, 6) is 0.185. The summed E-state index contributed by atoms with van der Waals surface area (Å²) in [6, 6.07) is 9.11. The number of hydrogen-bond acceptors (Lipinski definition) is 2. The van der Waals surface area contributed by atoms with E-state index < -0.39 is 0 Å². The molecule has 0 aliphatic carbocycles. The molecule has 0 fully saturated rings. The Hall–Kier alpha value is -2.47. The van der Waals surface area contributed by atoms with Crippen molar-refractivity contribution in [3.63, 3.8) is 0 Å². The number of urea groups is 1. The first-order chi connectivity index (χ1) is 14.7. The van der Waals surface area contributed by atoms with Gasteiger partial charge in [-0.2, -0.15) is 0 Å². The number of hydrogen-bond donors (Lipinski definition) is 1. The summed E-state index contributed by atoms with van der Waals surface area (Å²) < 4.78 is 2.02. The van der Waals surface area contributed by atoms with Crippen LogP contribution in [0.4, 0.5) is 10.5 Å². The van der Waals surface area contributed by atoms with Crippen LogP contribution in [0.2, 0.25) is 5.02 Å². The van der Waals surface area contributed by atoms with E-state index in [-0.39, 0.29) is 24.4 Å². The maximum Gasteiger partial charge on any atom is 0.322 e. The van der Waals surface area contributed by atoms with E-state index in [9.17, 15) is 9.59 Å². The average molecular weight is 447 g/mol. The van der Waals surface area contributed by atoms with Gasteiger partial charge < -0.3 is 19.7 Å². The Morgan fingerprint density at radius 1 is 1.19 bits per heavy atom. The second kappa shape index (κ2) is 11.8. The van der Waals surface area contributed by atoms with E-state index in [1.54, 1.807) is 11.0 Å². The molecule has 0 aliphatic heterocycles. The van der Waals surface area contributed by atoms with Gasteiger partial charge in [0, 0.05) is 42.7 Å². The number of nitrogens with one attached hydrogen (secondary N) is 1. The molecule has 2 aromatic rings. The second-order valence-electron chi connectivity index (χ2n) is 8.45. The van der Waals surface area contributed by atoms with Crippen molar-refractivity contribution in [2.75, 3.05) is 25.0 Å². The van der Waals surface area contributed by atoms with Crippen LogP contribution in [0.25, 0.3) is 0 Å². The van der Waals surface area contributed by atoms with Gasteiger partial charge in [-0.15, -0.1) is 0 Å². The van der Waals surface area contributed by atoms with Gasteiger partial charge in [0.25, 0.3) is 0 Å². The number of anilines is 1. The van der Waals surface area contributed by atoms with Crippen LogP contribution in [0.5, 0.6) is 0 Å². The maximum absolute atomic E-state index is 13.2. The number of amides is 3. The lowest BCUT2D eigenvalue weighted by atomic mass is 10.2. The van der Waals surface area contributed by atoms with Crippen molar-refractivity contribution in [2.45, 2.75) is 47.1 Å². The highest BCUT2D eigenvalue weighted by Gasteiger charge is 2.23. The van der Waals surface area contributed by atoms with Crippen molar-refractivity contribution >= 4 is 29.2 Å². The number of carbonyl (C=O) groups excluding carboxylic acids is 2. The predicted molar refractivity (Wildman–Crippen MR) is 127 cm³/mol. The first-order valence-corrected chi connectivity index (χ1v) is 11.3. The normalized spacial score (nSPS) is 10.9. The second-order valence-corrected chi connectivity index (χ2v) is 8.85. The van der Waals surface area contributed by atoms with Crippen molar-refractivity contribution in [1.82, 2.24) is 14.4 Å². The number of aryl methyl sites for hydroxylation is 2. The molecule has 3 amide bonds. The Balaban J connectivity index is 2.13. The molecule has 1 aromatic carbocycles. The summed E-state index contributed by atoms with van der Waals surface area (Å²) in [4.78, 5) is 29.6. The topological polar surface area (TPSA) is 57.6 Å². The Labute approximate surface area is 191 Å². The average Bonchev–Trinajstić information content (AvgIpc) is 3.11. The lowest BCUT2D eigenvalue weighted by Crippen LogP contribution is -2.46. The van der Waals surface area contributed by atoms with E-state index in [2.05, 4.69) is 12.2 Å². The first kappa shape index (κ1) is 24.8. The summed E-state index contributed by atoms with van der Waals surface area (Å²) in [6.07, 6.45) is 3.90. The van der Waals surface area contributed by atoms with Gasteiger partial charge in [-0.1, -0.05) is 44.9 Å². The minimum absolute atomic E-state index is 0.0394. The summed E-state index contributed by atoms with van der Waals surface area (Å²) in [5, 5.41) is 3.48. The largest absolute Gasteiger partial charge is 0.353 e. The van der Waals surface area contributed by atoms with Crippen molar-refractivity contribution < 1.29 is 9.59 Å². The Morgan fingerprint density at radius 3 is 2.52 bits per heavy atom. The van der Waals surface area contributed by atoms with Crippen LogP contribution in [0.3, 0.4) is 0 Å². The number of carbonyl (C=O) groups is 2. The van der Waals surface area contributed by atoms with Gasteiger partial charge in [0.15, 0.2) is 0 Å². The van der Waals surface area contributed by atoms with E-state index in [0.29, 0.717) is 30.3 Å². The standard InChI is InChI=1S/C24H35ClN4O2/c1-6-7-13-28(16-21-9-8-12-27(21)5)23(30)17-29(15-18(2)3)24(31)26-20-11-10-19(4)22(25)14-20/h8-12,14,18H,6-7,13,15-17H2,1-5H3,(H,26,31). The predicted octanol–water partition coefficient (Wildman–Crippen LogP) is 5.31. The van der Waals surface area contributed by atoms with Gasteiger partial charge in [-0.05, 0) is 49.1 Å². The summed E-state index contributed by atoms with van der Waals surface area (Å²) >= 11 is 6.19. The van der Waals surface area contributed by atoms with Crippen molar-refractivity contribution in [3.8, 4) is 0 Å². The number of unbranched alkanes of at least 4 members (excludes halogenated alkanes) is 1. The molecule has 0 saturated carbocycles. The molecule has 0 unspecified atom stereocenters. The fourth-order valence-electron chi connectivity index (χ4n) is 3.29. The van der Waals surface area contributed by atoms with Crippen molar-refractivity contribution in [3.05, 3.63) is 52.8 Å². The number of rotatable bonds is 10. The van der Waals surface area contributed by atoms with Crippen molar-refractivity contribution in [1.29, 1.82) is 0 Å².